The van der Waals surface area contributed by atoms with Gasteiger partial charge in [0, 0.05) is 29.7 Å². The molecule has 2 amide bonds. The van der Waals surface area contributed by atoms with Gasteiger partial charge in [0.25, 0.3) is 0 Å². The second-order valence-corrected chi connectivity index (χ2v) is 8.69. The SMILES string of the molecule is CC[C@H](C(=O)N[C@@H](C)CC)N(Cc1ccc(OC)cc1)C(=O)CCSc1ccccc1. The molecule has 0 aliphatic rings. The van der Waals surface area contributed by atoms with Gasteiger partial charge >= 0.3 is 0 Å². The van der Waals surface area contributed by atoms with Crippen molar-refractivity contribution < 1.29 is 14.3 Å². The molecule has 0 bridgehead atoms. The lowest BCUT2D eigenvalue weighted by atomic mass is 10.1. The van der Waals surface area contributed by atoms with Crippen LogP contribution in [0.4, 0.5) is 0 Å². The third-order valence-corrected chi connectivity index (χ3v) is 6.24. The summed E-state index contributed by atoms with van der Waals surface area (Å²) in [6.07, 6.45) is 1.79. The van der Waals surface area contributed by atoms with E-state index in [0.29, 0.717) is 25.1 Å². The van der Waals surface area contributed by atoms with Crippen LogP contribution in [0.1, 0.15) is 45.6 Å². The van der Waals surface area contributed by atoms with Gasteiger partial charge in [-0.25, -0.2) is 0 Å². The van der Waals surface area contributed by atoms with E-state index in [1.807, 2.05) is 75.4 Å². The molecule has 0 unspecified atom stereocenters. The van der Waals surface area contributed by atoms with Crippen molar-refractivity contribution in [2.24, 2.45) is 0 Å². The van der Waals surface area contributed by atoms with E-state index in [1.54, 1.807) is 23.8 Å². The summed E-state index contributed by atoms with van der Waals surface area (Å²) in [5.41, 5.74) is 0.972. The van der Waals surface area contributed by atoms with E-state index >= 15 is 0 Å². The zero-order chi connectivity index (χ0) is 22.6. The van der Waals surface area contributed by atoms with Crippen LogP contribution in [0.5, 0.6) is 5.75 Å². The molecule has 6 heteroatoms. The number of methoxy groups -OCH3 is 1. The second-order valence-electron chi connectivity index (χ2n) is 7.52. The molecule has 2 atom stereocenters. The van der Waals surface area contributed by atoms with Crippen molar-refractivity contribution in [3.05, 3.63) is 60.2 Å². The van der Waals surface area contributed by atoms with Crippen LogP contribution < -0.4 is 10.1 Å². The first-order valence-corrected chi connectivity index (χ1v) is 11.9. The first kappa shape index (κ1) is 24.8. The Morgan fingerprint density at radius 2 is 1.71 bits per heavy atom. The van der Waals surface area contributed by atoms with Crippen LogP contribution in [0.25, 0.3) is 0 Å². The first-order valence-electron chi connectivity index (χ1n) is 10.9. The van der Waals surface area contributed by atoms with E-state index < -0.39 is 6.04 Å². The van der Waals surface area contributed by atoms with Crippen LogP contribution >= 0.6 is 11.8 Å². The molecule has 0 aromatic heterocycles. The summed E-state index contributed by atoms with van der Waals surface area (Å²) in [5.74, 6) is 1.34. The highest BCUT2D eigenvalue weighted by atomic mass is 32.2. The largest absolute Gasteiger partial charge is 0.497 e. The van der Waals surface area contributed by atoms with Gasteiger partial charge in [-0.2, -0.15) is 0 Å². The Morgan fingerprint density at radius 1 is 1.03 bits per heavy atom. The molecule has 5 nitrogen and oxygen atoms in total. The van der Waals surface area contributed by atoms with Crippen molar-refractivity contribution in [2.45, 2.75) is 63.6 Å². The van der Waals surface area contributed by atoms with Gasteiger partial charge in [-0.15, -0.1) is 11.8 Å². The Balaban J connectivity index is 2.13. The molecule has 0 saturated heterocycles. The lowest BCUT2D eigenvalue weighted by molar-refractivity contribution is -0.141. The van der Waals surface area contributed by atoms with E-state index in [1.165, 1.54) is 0 Å². The summed E-state index contributed by atoms with van der Waals surface area (Å²) in [6, 6.07) is 17.3. The van der Waals surface area contributed by atoms with Crippen LogP contribution in [0.3, 0.4) is 0 Å². The van der Waals surface area contributed by atoms with E-state index in [0.717, 1.165) is 22.6 Å². The lowest BCUT2D eigenvalue weighted by Crippen LogP contribution is -2.50. The molecule has 0 heterocycles. The number of amides is 2. The molecule has 2 rings (SSSR count). The highest BCUT2D eigenvalue weighted by molar-refractivity contribution is 7.99. The number of hydrogen-bond acceptors (Lipinski definition) is 4. The molecule has 31 heavy (non-hydrogen) atoms. The molecular formula is C25H34N2O3S. The number of carbonyl (C=O) groups is 2. The van der Waals surface area contributed by atoms with Crippen molar-refractivity contribution >= 4 is 23.6 Å². The van der Waals surface area contributed by atoms with Gasteiger partial charge in [-0.1, -0.05) is 44.2 Å². The highest BCUT2D eigenvalue weighted by Crippen LogP contribution is 2.21. The third kappa shape index (κ3) is 7.94. The molecule has 2 aromatic carbocycles. The maximum Gasteiger partial charge on any atom is 0.243 e. The number of benzene rings is 2. The summed E-state index contributed by atoms with van der Waals surface area (Å²) >= 11 is 1.65. The van der Waals surface area contributed by atoms with Crippen LogP contribution in [-0.4, -0.2) is 41.7 Å². The number of nitrogens with one attached hydrogen (secondary N) is 1. The van der Waals surface area contributed by atoms with Gasteiger partial charge in [0.15, 0.2) is 0 Å². The first-order chi connectivity index (χ1) is 15.0. The lowest BCUT2D eigenvalue weighted by Gasteiger charge is -2.31. The predicted octanol–water partition coefficient (Wildman–Crippen LogP) is 4.90. The second kappa shape index (κ2) is 13.1. The van der Waals surface area contributed by atoms with Crippen LogP contribution in [-0.2, 0) is 16.1 Å². The number of ether oxygens (including phenoxy) is 1. The molecule has 0 aliphatic carbocycles. The van der Waals surface area contributed by atoms with Crippen molar-refractivity contribution in [1.82, 2.24) is 10.2 Å². The van der Waals surface area contributed by atoms with E-state index in [4.69, 9.17) is 4.74 Å². The molecule has 168 valence electrons. The molecule has 0 fully saturated rings. The molecule has 1 N–H and O–H groups in total. The van der Waals surface area contributed by atoms with Crippen molar-refractivity contribution in [3.8, 4) is 5.75 Å². The highest BCUT2D eigenvalue weighted by Gasteiger charge is 2.29. The number of hydrogen-bond donors (Lipinski definition) is 1. The Hall–Kier alpha value is -2.47. The maximum absolute atomic E-state index is 13.2. The van der Waals surface area contributed by atoms with Crippen LogP contribution in [0, 0.1) is 0 Å². The van der Waals surface area contributed by atoms with Crippen molar-refractivity contribution in [2.75, 3.05) is 12.9 Å². The van der Waals surface area contributed by atoms with Gasteiger partial charge < -0.3 is 15.0 Å². The van der Waals surface area contributed by atoms with Crippen molar-refractivity contribution in [3.63, 3.8) is 0 Å². The van der Waals surface area contributed by atoms with Crippen molar-refractivity contribution in [1.29, 1.82) is 0 Å². The summed E-state index contributed by atoms with van der Waals surface area (Å²) < 4.78 is 5.23. The number of nitrogens with zero attached hydrogens (tertiary/aromatic N) is 1. The zero-order valence-corrected chi connectivity index (χ0v) is 19.8. The minimum absolute atomic E-state index is 0.00889. The van der Waals surface area contributed by atoms with E-state index in [9.17, 15) is 9.59 Å². The molecule has 2 aromatic rings. The molecule has 0 spiro atoms. The molecular weight excluding hydrogens is 408 g/mol. The summed E-state index contributed by atoms with van der Waals surface area (Å²) in [6.45, 7) is 6.36. The summed E-state index contributed by atoms with van der Waals surface area (Å²) in [4.78, 5) is 29.0. The normalized spacial score (nSPS) is 12.6. The quantitative estimate of drug-likeness (QED) is 0.475. The average Bonchev–Trinajstić information content (AvgIpc) is 2.79. The fraction of sp³-hybridized carbons (Fsp3) is 0.440. The fourth-order valence-corrected chi connectivity index (χ4v) is 4.07. The molecule has 0 radical (unpaired) electrons. The minimum atomic E-state index is -0.495. The predicted molar refractivity (Wildman–Crippen MR) is 127 cm³/mol. The van der Waals surface area contributed by atoms with Crippen LogP contribution in [0.15, 0.2) is 59.5 Å². The van der Waals surface area contributed by atoms with E-state index in [2.05, 4.69) is 5.32 Å². The van der Waals surface area contributed by atoms with E-state index in [-0.39, 0.29) is 17.9 Å². The smallest absolute Gasteiger partial charge is 0.243 e. The Morgan fingerprint density at radius 3 is 2.29 bits per heavy atom. The Kier molecular flexibility index (Phi) is 10.4. The number of rotatable bonds is 12. The van der Waals surface area contributed by atoms with Gasteiger partial charge in [0.05, 0.1) is 7.11 Å². The van der Waals surface area contributed by atoms with Gasteiger partial charge in [0.1, 0.15) is 11.8 Å². The summed E-state index contributed by atoms with van der Waals surface area (Å²) in [7, 11) is 1.63. The fourth-order valence-electron chi connectivity index (χ4n) is 3.20. The zero-order valence-electron chi connectivity index (χ0n) is 19.0. The standard InChI is InChI=1S/C25H34N2O3S/c1-5-19(3)26-25(29)23(6-2)27(18-20-12-14-21(30-4)15-13-20)24(28)16-17-31-22-10-8-7-9-11-22/h7-15,19,23H,5-6,16-18H2,1-4H3,(H,26,29)/t19-,23+/m0/s1. The van der Waals surface area contributed by atoms with Crippen LogP contribution in [0.2, 0.25) is 0 Å². The molecule has 0 aliphatic heterocycles. The Bertz CT molecular complexity index is 811. The monoisotopic (exact) mass is 442 g/mol. The Labute approximate surface area is 190 Å². The minimum Gasteiger partial charge on any atom is -0.497 e. The number of thioether (sulfide) groups is 1. The molecule has 0 saturated carbocycles. The van der Waals surface area contributed by atoms with Gasteiger partial charge in [0.2, 0.25) is 11.8 Å². The maximum atomic E-state index is 13.2. The topological polar surface area (TPSA) is 58.6 Å². The van der Waals surface area contributed by atoms with Gasteiger partial charge in [-0.3, -0.25) is 9.59 Å². The average molecular weight is 443 g/mol. The van der Waals surface area contributed by atoms with Gasteiger partial charge in [-0.05, 0) is 49.6 Å². The summed E-state index contributed by atoms with van der Waals surface area (Å²) in [5, 5.41) is 3.04. The third-order valence-electron chi connectivity index (χ3n) is 5.23. The number of carbonyl (C=O) groups excluding carboxylic acids is 2.